The van der Waals surface area contributed by atoms with Gasteiger partial charge in [0.2, 0.25) is 0 Å². The first-order valence-electron chi connectivity index (χ1n) is 7.57. The van der Waals surface area contributed by atoms with Crippen molar-refractivity contribution in [3.05, 3.63) is 35.9 Å². The summed E-state index contributed by atoms with van der Waals surface area (Å²) in [6, 6.07) is 11.7. The van der Waals surface area contributed by atoms with E-state index in [1.54, 1.807) is 0 Å². The van der Waals surface area contributed by atoms with Crippen LogP contribution in [0.5, 0.6) is 0 Å². The lowest BCUT2D eigenvalue weighted by Crippen LogP contribution is -2.43. The Kier molecular flexibility index (Phi) is 5.25. The molecular formula is C17H27N. The monoisotopic (exact) mass is 245 g/mol. The Hall–Kier alpha value is -0.820. The maximum absolute atomic E-state index is 2.74. The first-order valence-corrected chi connectivity index (χ1v) is 7.57. The van der Waals surface area contributed by atoms with Gasteiger partial charge in [-0.3, -0.25) is 4.90 Å². The molecule has 1 heteroatoms. The lowest BCUT2D eigenvalue weighted by Gasteiger charge is -2.37. The van der Waals surface area contributed by atoms with E-state index in [1.807, 2.05) is 0 Å². The van der Waals surface area contributed by atoms with E-state index in [-0.39, 0.29) is 0 Å². The summed E-state index contributed by atoms with van der Waals surface area (Å²) in [6.07, 6.45) is 6.66. The molecule has 1 aromatic rings. The topological polar surface area (TPSA) is 3.24 Å². The minimum Gasteiger partial charge on any atom is -0.300 e. The predicted octanol–water partition coefficient (Wildman–Crippen LogP) is 4.13. The van der Waals surface area contributed by atoms with Gasteiger partial charge in [0, 0.05) is 12.6 Å². The predicted molar refractivity (Wildman–Crippen MR) is 78.8 cm³/mol. The van der Waals surface area contributed by atoms with Gasteiger partial charge in [0.25, 0.3) is 0 Å². The van der Waals surface area contributed by atoms with Crippen molar-refractivity contribution in [3.8, 4) is 0 Å². The molecule has 1 aromatic carbocycles. The fraction of sp³-hybridized carbons (Fsp3) is 0.647. The van der Waals surface area contributed by atoms with Crippen molar-refractivity contribution in [2.75, 3.05) is 13.1 Å². The van der Waals surface area contributed by atoms with Gasteiger partial charge < -0.3 is 0 Å². The highest BCUT2D eigenvalue weighted by Crippen LogP contribution is 2.22. The van der Waals surface area contributed by atoms with Crippen LogP contribution in [0.3, 0.4) is 0 Å². The van der Waals surface area contributed by atoms with Crippen LogP contribution in [0.4, 0.5) is 0 Å². The Morgan fingerprint density at radius 3 is 2.72 bits per heavy atom. The van der Waals surface area contributed by atoms with Gasteiger partial charge in [0.1, 0.15) is 0 Å². The number of hydrogen-bond acceptors (Lipinski definition) is 1. The molecule has 0 saturated carbocycles. The molecule has 0 aliphatic carbocycles. The third-order valence-corrected chi connectivity index (χ3v) is 4.14. The Morgan fingerprint density at radius 1 is 1.28 bits per heavy atom. The third-order valence-electron chi connectivity index (χ3n) is 4.14. The quantitative estimate of drug-likeness (QED) is 0.754. The van der Waals surface area contributed by atoms with Gasteiger partial charge in [-0.2, -0.15) is 0 Å². The number of hydrogen-bond donors (Lipinski definition) is 0. The minimum atomic E-state index is 0.750. The molecule has 1 unspecified atom stereocenters. The van der Waals surface area contributed by atoms with E-state index in [9.17, 15) is 0 Å². The number of piperidine rings is 1. The van der Waals surface area contributed by atoms with Gasteiger partial charge in [-0.25, -0.2) is 0 Å². The molecule has 1 nitrogen and oxygen atoms in total. The summed E-state index contributed by atoms with van der Waals surface area (Å²) in [5, 5.41) is 0. The van der Waals surface area contributed by atoms with Gasteiger partial charge in [-0.15, -0.1) is 0 Å². The van der Waals surface area contributed by atoms with Gasteiger partial charge in [0.05, 0.1) is 0 Å². The molecule has 0 aromatic heterocycles. The van der Waals surface area contributed by atoms with Gasteiger partial charge in [0.15, 0.2) is 0 Å². The van der Waals surface area contributed by atoms with Crippen molar-refractivity contribution >= 4 is 0 Å². The molecule has 0 amide bonds. The maximum Gasteiger partial charge on any atom is 0.0136 e. The molecule has 2 atom stereocenters. The summed E-state index contributed by atoms with van der Waals surface area (Å²) < 4.78 is 0. The lowest BCUT2D eigenvalue weighted by molar-refractivity contribution is 0.122. The third kappa shape index (κ3) is 3.84. The molecule has 0 radical (unpaired) electrons. The molecule has 2 rings (SSSR count). The van der Waals surface area contributed by atoms with Crippen molar-refractivity contribution in [3.63, 3.8) is 0 Å². The highest BCUT2D eigenvalue weighted by molar-refractivity contribution is 5.16. The van der Waals surface area contributed by atoms with E-state index in [1.165, 1.54) is 50.8 Å². The lowest BCUT2D eigenvalue weighted by atomic mass is 9.94. The average Bonchev–Trinajstić information content (AvgIpc) is 2.39. The summed E-state index contributed by atoms with van der Waals surface area (Å²) in [5.74, 6) is 0.883. The SMILES string of the molecule is CCCC(Cc1ccccc1)N1CCC[C@H](C)C1. The van der Waals surface area contributed by atoms with Crippen LogP contribution in [-0.4, -0.2) is 24.0 Å². The zero-order chi connectivity index (χ0) is 12.8. The van der Waals surface area contributed by atoms with Crippen LogP contribution in [0.2, 0.25) is 0 Å². The van der Waals surface area contributed by atoms with Crippen molar-refractivity contribution < 1.29 is 0 Å². The van der Waals surface area contributed by atoms with E-state index < -0.39 is 0 Å². The van der Waals surface area contributed by atoms with E-state index >= 15 is 0 Å². The number of rotatable bonds is 5. The van der Waals surface area contributed by atoms with Crippen molar-refractivity contribution in [1.82, 2.24) is 4.90 Å². The maximum atomic E-state index is 2.74. The molecule has 1 aliphatic rings. The Morgan fingerprint density at radius 2 is 2.06 bits per heavy atom. The van der Waals surface area contributed by atoms with Gasteiger partial charge in [-0.1, -0.05) is 50.6 Å². The summed E-state index contributed by atoms with van der Waals surface area (Å²) in [6.45, 7) is 7.32. The molecule has 1 saturated heterocycles. The van der Waals surface area contributed by atoms with Crippen LogP contribution in [0.25, 0.3) is 0 Å². The summed E-state index contributed by atoms with van der Waals surface area (Å²) in [5.41, 5.74) is 1.49. The second-order valence-electron chi connectivity index (χ2n) is 5.87. The number of likely N-dealkylation sites (tertiary alicyclic amines) is 1. The van der Waals surface area contributed by atoms with Crippen molar-refractivity contribution in [1.29, 1.82) is 0 Å². The normalized spacial score (nSPS) is 22.9. The van der Waals surface area contributed by atoms with E-state index in [4.69, 9.17) is 0 Å². The first-order chi connectivity index (χ1) is 8.79. The Bertz CT molecular complexity index is 333. The zero-order valence-electron chi connectivity index (χ0n) is 11.9. The summed E-state index contributed by atoms with van der Waals surface area (Å²) >= 11 is 0. The van der Waals surface area contributed by atoms with Crippen LogP contribution < -0.4 is 0 Å². The van der Waals surface area contributed by atoms with E-state index in [0.717, 1.165) is 12.0 Å². The summed E-state index contributed by atoms with van der Waals surface area (Å²) in [7, 11) is 0. The minimum absolute atomic E-state index is 0.750. The molecule has 0 N–H and O–H groups in total. The highest BCUT2D eigenvalue weighted by atomic mass is 15.2. The molecule has 100 valence electrons. The molecule has 18 heavy (non-hydrogen) atoms. The molecule has 1 fully saturated rings. The van der Waals surface area contributed by atoms with Crippen molar-refractivity contribution in [2.45, 2.75) is 52.0 Å². The van der Waals surface area contributed by atoms with Crippen LogP contribution in [0.1, 0.15) is 45.1 Å². The average molecular weight is 245 g/mol. The summed E-state index contributed by atoms with van der Waals surface area (Å²) in [4.78, 5) is 2.74. The molecule has 1 aliphatic heterocycles. The fourth-order valence-corrected chi connectivity index (χ4v) is 3.19. The fourth-order valence-electron chi connectivity index (χ4n) is 3.19. The van der Waals surface area contributed by atoms with E-state index in [2.05, 4.69) is 49.1 Å². The molecular weight excluding hydrogens is 218 g/mol. The highest BCUT2D eigenvalue weighted by Gasteiger charge is 2.23. The Labute approximate surface area is 112 Å². The first kappa shape index (κ1) is 13.6. The van der Waals surface area contributed by atoms with Gasteiger partial charge in [-0.05, 0) is 43.7 Å². The number of nitrogens with zero attached hydrogens (tertiary/aromatic N) is 1. The van der Waals surface area contributed by atoms with Gasteiger partial charge >= 0.3 is 0 Å². The van der Waals surface area contributed by atoms with Crippen LogP contribution in [0.15, 0.2) is 30.3 Å². The zero-order valence-corrected chi connectivity index (χ0v) is 11.9. The Balaban J connectivity index is 1.98. The van der Waals surface area contributed by atoms with E-state index in [0.29, 0.717) is 0 Å². The largest absolute Gasteiger partial charge is 0.300 e. The van der Waals surface area contributed by atoms with Crippen LogP contribution >= 0.6 is 0 Å². The van der Waals surface area contributed by atoms with Crippen LogP contribution in [0, 0.1) is 5.92 Å². The smallest absolute Gasteiger partial charge is 0.0136 e. The number of benzene rings is 1. The second-order valence-corrected chi connectivity index (χ2v) is 5.87. The second kappa shape index (κ2) is 6.94. The molecule has 0 spiro atoms. The van der Waals surface area contributed by atoms with Crippen LogP contribution in [-0.2, 0) is 6.42 Å². The standard InChI is InChI=1S/C17H27N/c1-3-8-17(13-16-10-5-4-6-11-16)18-12-7-9-15(2)14-18/h4-6,10-11,15,17H,3,7-9,12-14H2,1-2H3/t15-,17?/m0/s1. The molecule has 0 bridgehead atoms. The molecule has 1 heterocycles. The van der Waals surface area contributed by atoms with Crippen molar-refractivity contribution in [2.24, 2.45) is 5.92 Å².